The number of nitrogens with zero attached hydrogens (tertiary/aromatic N) is 1. The number of benzene rings is 1. The molecule has 3 nitrogen and oxygen atoms in total. The SMILES string of the molecule is COc1ccc(Br)c(NC2=NCC3(CCCC3)CS2)c1. The van der Waals surface area contributed by atoms with Crippen molar-refractivity contribution in [2.24, 2.45) is 10.4 Å². The van der Waals surface area contributed by atoms with Crippen molar-refractivity contribution in [3.63, 3.8) is 0 Å². The van der Waals surface area contributed by atoms with Crippen LogP contribution in [0.2, 0.25) is 0 Å². The van der Waals surface area contributed by atoms with Crippen LogP contribution in [0.15, 0.2) is 27.7 Å². The first-order valence-corrected chi connectivity index (χ1v) is 8.76. The molecule has 0 bridgehead atoms. The number of methoxy groups -OCH3 is 1. The zero-order valence-electron chi connectivity index (χ0n) is 11.6. The quantitative estimate of drug-likeness (QED) is 0.846. The van der Waals surface area contributed by atoms with Crippen LogP contribution in [0.5, 0.6) is 5.75 Å². The van der Waals surface area contributed by atoms with Gasteiger partial charge in [0.2, 0.25) is 0 Å². The molecule has 1 saturated carbocycles. The van der Waals surface area contributed by atoms with Crippen molar-refractivity contribution in [3.8, 4) is 5.75 Å². The average Bonchev–Trinajstić information content (AvgIpc) is 2.92. The maximum absolute atomic E-state index is 5.27. The van der Waals surface area contributed by atoms with Crippen LogP contribution in [0.25, 0.3) is 0 Å². The van der Waals surface area contributed by atoms with Crippen LogP contribution in [-0.4, -0.2) is 24.6 Å². The summed E-state index contributed by atoms with van der Waals surface area (Å²) in [7, 11) is 1.68. The second-order valence-corrected chi connectivity index (χ2v) is 7.41. The highest BCUT2D eigenvalue weighted by atomic mass is 79.9. The Kier molecular flexibility index (Phi) is 4.26. The summed E-state index contributed by atoms with van der Waals surface area (Å²) in [4.78, 5) is 4.76. The molecule has 0 saturated heterocycles. The molecule has 2 aliphatic rings. The molecule has 0 amide bonds. The van der Waals surface area contributed by atoms with Crippen molar-refractivity contribution in [1.82, 2.24) is 0 Å². The van der Waals surface area contributed by atoms with Crippen LogP contribution in [0.3, 0.4) is 0 Å². The number of nitrogens with one attached hydrogen (secondary N) is 1. The van der Waals surface area contributed by atoms with Crippen molar-refractivity contribution in [2.45, 2.75) is 25.7 Å². The summed E-state index contributed by atoms with van der Waals surface area (Å²) in [5.74, 6) is 2.05. The third kappa shape index (κ3) is 2.98. The Morgan fingerprint density at radius 3 is 2.80 bits per heavy atom. The lowest BCUT2D eigenvalue weighted by molar-refractivity contribution is 0.359. The Balaban J connectivity index is 1.71. The van der Waals surface area contributed by atoms with Gasteiger partial charge in [0.05, 0.1) is 12.8 Å². The van der Waals surface area contributed by atoms with Crippen LogP contribution in [-0.2, 0) is 0 Å². The predicted octanol–water partition coefficient (Wildman–Crippen LogP) is 4.53. The number of aliphatic imine (C=N–C) groups is 1. The second-order valence-electron chi connectivity index (χ2n) is 5.59. The van der Waals surface area contributed by atoms with Gasteiger partial charge in [0.25, 0.3) is 0 Å². The van der Waals surface area contributed by atoms with Crippen molar-refractivity contribution >= 4 is 38.5 Å². The van der Waals surface area contributed by atoms with E-state index in [2.05, 4.69) is 21.2 Å². The molecule has 20 heavy (non-hydrogen) atoms. The smallest absolute Gasteiger partial charge is 0.161 e. The third-order valence-electron chi connectivity index (χ3n) is 4.15. The van der Waals surface area contributed by atoms with E-state index in [0.29, 0.717) is 5.41 Å². The van der Waals surface area contributed by atoms with E-state index in [4.69, 9.17) is 9.73 Å². The van der Waals surface area contributed by atoms with Crippen LogP contribution >= 0.6 is 27.7 Å². The summed E-state index contributed by atoms with van der Waals surface area (Å²) in [6.45, 7) is 0.976. The van der Waals surface area contributed by atoms with Crippen LogP contribution < -0.4 is 10.1 Å². The van der Waals surface area contributed by atoms with Gasteiger partial charge in [-0.05, 0) is 46.3 Å². The number of amidine groups is 1. The summed E-state index contributed by atoms with van der Waals surface area (Å²) in [6.07, 6.45) is 5.44. The monoisotopic (exact) mass is 354 g/mol. The lowest BCUT2D eigenvalue weighted by atomic mass is 9.89. The molecule has 1 aliphatic carbocycles. The molecular formula is C15H19BrN2OS. The Morgan fingerprint density at radius 2 is 2.15 bits per heavy atom. The van der Waals surface area contributed by atoms with Gasteiger partial charge in [-0.3, -0.25) is 4.99 Å². The fourth-order valence-electron chi connectivity index (χ4n) is 2.90. The second kappa shape index (κ2) is 5.98. The molecule has 5 heteroatoms. The molecule has 108 valence electrons. The normalized spacial score (nSPS) is 20.8. The molecule has 1 fully saturated rings. The first-order chi connectivity index (χ1) is 9.71. The Morgan fingerprint density at radius 1 is 1.35 bits per heavy atom. The van der Waals surface area contributed by atoms with Crippen LogP contribution in [0, 0.1) is 5.41 Å². The van der Waals surface area contributed by atoms with E-state index in [9.17, 15) is 0 Å². The van der Waals surface area contributed by atoms with Gasteiger partial charge in [0.1, 0.15) is 5.75 Å². The van der Waals surface area contributed by atoms with E-state index >= 15 is 0 Å². The molecule has 1 N–H and O–H groups in total. The van der Waals surface area contributed by atoms with Gasteiger partial charge in [-0.25, -0.2) is 0 Å². The van der Waals surface area contributed by atoms with Crippen molar-refractivity contribution in [3.05, 3.63) is 22.7 Å². The Bertz CT molecular complexity index is 527. The number of ether oxygens (including phenoxy) is 1. The lowest BCUT2D eigenvalue weighted by Crippen LogP contribution is -2.30. The van der Waals surface area contributed by atoms with Gasteiger partial charge in [-0.2, -0.15) is 0 Å². The average molecular weight is 355 g/mol. The molecule has 3 rings (SSSR count). The van der Waals surface area contributed by atoms with Crippen molar-refractivity contribution < 1.29 is 4.74 Å². The first-order valence-electron chi connectivity index (χ1n) is 6.99. The highest BCUT2D eigenvalue weighted by Gasteiger charge is 2.36. The fraction of sp³-hybridized carbons (Fsp3) is 0.533. The van der Waals surface area contributed by atoms with Gasteiger partial charge in [0.15, 0.2) is 5.17 Å². The maximum atomic E-state index is 5.27. The Hall–Kier alpha value is -0.680. The van der Waals surface area contributed by atoms with E-state index < -0.39 is 0 Å². The summed E-state index contributed by atoms with van der Waals surface area (Å²) >= 11 is 5.42. The molecule has 0 unspecified atom stereocenters. The number of thioether (sulfide) groups is 1. The minimum absolute atomic E-state index is 0.488. The lowest BCUT2D eigenvalue weighted by Gasteiger charge is -2.31. The molecule has 0 atom stereocenters. The highest BCUT2D eigenvalue weighted by Crippen LogP contribution is 2.43. The van der Waals surface area contributed by atoms with Gasteiger partial charge in [-0.1, -0.05) is 24.6 Å². The molecule has 0 radical (unpaired) electrons. The molecule has 1 aromatic rings. The van der Waals surface area contributed by atoms with Crippen molar-refractivity contribution in [1.29, 1.82) is 0 Å². The summed E-state index contributed by atoms with van der Waals surface area (Å²) < 4.78 is 6.30. The van der Waals surface area contributed by atoms with E-state index in [1.54, 1.807) is 7.11 Å². The highest BCUT2D eigenvalue weighted by molar-refractivity contribution is 9.10. The van der Waals surface area contributed by atoms with Gasteiger partial charge in [0, 0.05) is 22.8 Å². The number of halogens is 1. The standard InChI is InChI=1S/C15H19BrN2OS/c1-19-11-4-5-12(16)13(8-11)18-14-17-9-15(10-20-14)6-2-3-7-15/h4-5,8H,2-3,6-7,9-10H2,1H3,(H,17,18). The van der Waals surface area contributed by atoms with E-state index in [1.165, 1.54) is 31.4 Å². The largest absolute Gasteiger partial charge is 0.497 e. The molecule has 1 heterocycles. The third-order valence-corrected chi connectivity index (χ3v) is 6.11. The summed E-state index contributed by atoms with van der Waals surface area (Å²) in [6, 6.07) is 5.93. The van der Waals surface area contributed by atoms with Crippen LogP contribution in [0.1, 0.15) is 25.7 Å². The van der Waals surface area contributed by atoms with Gasteiger partial charge >= 0.3 is 0 Å². The molecule has 1 spiro atoms. The summed E-state index contributed by atoms with van der Waals surface area (Å²) in [5.41, 5.74) is 1.50. The number of hydrogen-bond donors (Lipinski definition) is 1. The van der Waals surface area contributed by atoms with Crippen LogP contribution in [0.4, 0.5) is 5.69 Å². The maximum Gasteiger partial charge on any atom is 0.161 e. The Labute approximate surface area is 132 Å². The van der Waals surface area contributed by atoms with Gasteiger partial charge < -0.3 is 10.1 Å². The van der Waals surface area contributed by atoms with E-state index in [-0.39, 0.29) is 0 Å². The molecular weight excluding hydrogens is 336 g/mol. The molecule has 1 aliphatic heterocycles. The van der Waals surface area contributed by atoms with E-state index in [1.807, 2.05) is 30.0 Å². The number of rotatable bonds is 2. The van der Waals surface area contributed by atoms with E-state index in [0.717, 1.165) is 27.6 Å². The minimum atomic E-state index is 0.488. The minimum Gasteiger partial charge on any atom is -0.497 e. The first kappa shape index (κ1) is 14.3. The van der Waals surface area contributed by atoms with Gasteiger partial charge in [-0.15, -0.1) is 0 Å². The summed E-state index contributed by atoms with van der Waals surface area (Å²) in [5, 5.41) is 4.44. The number of anilines is 1. The predicted molar refractivity (Wildman–Crippen MR) is 90.0 cm³/mol. The molecule has 0 aromatic heterocycles. The number of hydrogen-bond acceptors (Lipinski definition) is 4. The molecule has 1 aromatic carbocycles. The zero-order valence-corrected chi connectivity index (χ0v) is 14.0. The topological polar surface area (TPSA) is 33.6 Å². The van der Waals surface area contributed by atoms with Crippen molar-refractivity contribution in [2.75, 3.05) is 24.7 Å². The fourth-order valence-corrected chi connectivity index (χ4v) is 4.40. The zero-order chi connectivity index (χ0) is 14.0.